The number of carbonyl (C=O) groups excluding carboxylic acids is 2. The fourth-order valence-electron chi connectivity index (χ4n) is 3.18. The predicted octanol–water partition coefficient (Wildman–Crippen LogP) is 2.92. The van der Waals surface area contributed by atoms with Gasteiger partial charge in [-0.25, -0.2) is 9.59 Å². The number of hydrogen-bond acceptors (Lipinski definition) is 6. The number of rotatable bonds is 5. The summed E-state index contributed by atoms with van der Waals surface area (Å²) in [7, 11) is 4.17. The molecule has 6 heteroatoms. The first kappa shape index (κ1) is 19.3. The van der Waals surface area contributed by atoms with Gasteiger partial charge >= 0.3 is 11.9 Å². The molecule has 6 nitrogen and oxygen atoms in total. The highest BCUT2D eigenvalue weighted by molar-refractivity contribution is 6.00. The number of esters is 2. The van der Waals surface area contributed by atoms with Gasteiger partial charge in [0, 0.05) is 11.4 Å². The number of carbonyl (C=O) groups is 2. The van der Waals surface area contributed by atoms with E-state index in [1.807, 2.05) is 6.07 Å². The number of hydrogen-bond donors (Lipinski definition) is 1. The monoisotopic (exact) mass is 357 g/mol. The quantitative estimate of drug-likeness (QED) is 0.817. The van der Waals surface area contributed by atoms with Gasteiger partial charge in [0.2, 0.25) is 0 Å². The Bertz CT molecular complexity index is 781. The summed E-state index contributed by atoms with van der Waals surface area (Å²) >= 11 is 0. The third-order valence-corrected chi connectivity index (χ3v) is 4.40. The van der Waals surface area contributed by atoms with Crippen molar-refractivity contribution in [3.8, 4) is 5.75 Å². The van der Waals surface area contributed by atoms with Crippen molar-refractivity contribution in [2.75, 3.05) is 21.3 Å². The van der Waals surface area contributed by atoms with Crippen LogP contribution in [0.25, 0.3) is 6.08 Å². The van der Waals surface area contributed by atoms with Gasteiger partial charge in [0.1, 0.15) is 5.75 Å². The maximum absolute atomic E-state index is 12.5. The largest absolute Gasteiger partial charge is 0.497 e. The highest BCUT2D eigenvalue weighted by Crippen LogP contribution is 2.41. The van der Waals surface area contributed by atoms with Gasteiger partial charge < -0.3 is 19.5 Å². The van der Waals surface area contributed by atoms with Gasteiger partial charge in [0.05, 0.1) is 38.4 Å². The normalized spacial score (nSPS) is 14.7. The van der Waals surface area contributed by atoms with Crippen LogP contribution in [-0.4, -0.2) is 33.3 Å². The van der Waals surface area contributed by atoms with Crippen molar-refractivity contribution in [2.24, 2.45) is 0 Å². The highest BCUT2D eigenvalue weighted by Gasteiger charge is 2.38. The predicted molar refractivity (Wildman–Crippen MR) is 98.4 cm³/mol. The van der Waals surface area contributed by atoms with E-state index in [0.717, 1.165) is 5.56 Å². The topological polar surface area (TPSA) is 73.9 Å². The fourth-order valence-corrected chi connectivity index (χ4v) is 3.18. The SMILES string of the molecule is C=Cc1ccc(OC)cc1C1C(C(=O)OC)=C(C)NC(C)=C1C(=O)OC. The van der Waals surface area contributed by atoms with Crippen LogP contribution in [0.4, 0.5) is 0 Å². The summed E-state index contributed by atoms with van der Waals surface area (Å²) < 4.78 is 15.3. The summed E-state index contributed by atoms with van der Waals surface area (Å²) in [6, 6.07) is 5.42. The van der Waals surface area contributed by atoms with Gasteiger partial charge in [-0.05, 0) is 37.1 Å². The highest BCUT2D eigenvalue weighted by atomic mass is 16.5. The molecule has 1 heterocycles. The molecule has 0 aromatic heterocycles. The van der Waals surface area contributed by atoms with E-state index >= 15 is 0 Å². The van der Waals surface area contributed by atoms with Gasteiger partial charge in [0.25, 0.3) is 0 Å². The third kappa shape index (κ3) is 3.35. The molecule has 138 valence electrons. The zero-order chi connectivity index (χ0) is 19.4. The molecule has 1 aliphatic rings. The Hall–Kier alpha value is -3.02. The Kier molecular flexibility index (Phi) is 5.87. The van der Waals surface area contributed by atoms with Crippen molar-refractivity contribution < 1.29 is 23.8 Å². The molecule has 0 spiro atoms. The summed E-state index contributed by atoms with van der Waals surface area (Å²) in [5.41, 5.74) is 3.40. The molecular weight excluding hydrogens is 334 g/mol. The second kappa shape index (κ2) is 7.91. The number of benzene rings is 1. The fraction of sp³-hybridized carbons (Fsp3) is 0.300. The van der Waals surface area contributed by atoms with E-state index in [2.05, 4.69) is 11.9 Å². The van der Waals surface area contributed by atoms with Crippen molar-refractivity contribution in [2.45, 2.75) is 19.8 Å². The van der Waals surface area contributed by atoms with Crippen LogP contribution in [0.3, 0.4) is 0 Å². The molecule has 1 aromatic rings. The van der Waals surface area contributed by atoms with Crippen LogP contribution in [0, 0.1) is 0 Å². The number of ether oxygens (including phenoxy) is 3. The maximum Gasteiger partial charge on any atom is 0.336 e. The van der Waals surface area contributed by atoms with Gasteiger partial charge in [0.15, 0.2) is 0 Å². The molecule has 2 rings (SSSR count). The summed E-state index contributed by atoms with van der Waals surface area (Å²) in [6.07, 6.45) is 1.67. The molecule has 0 amide bonds. The lowest BCUT2D eigenvalue weighted by Gasteiger charge is -2.31. The number of dihydropyridines is 1. The summed E-state index contributed by atoms with van der Waals surface area (Å²) in [4.78, 5) is 25.1. The lowest BCUT2D eigenvalue weighted by molar-refractivity contribution is -0.137. The Balaban J connectivity index is 2.83. The average molecular weight is 357 g/mol. The van der Waals surface area contributed by atoms with Crippen LogP contribution in [0.1, 0.15) is 30.9 Å². The van der Waals surface area contributed by atoms with Crippen LogP contribution in [0.15, 0.2) is 47.3 Å². The lowest BCUT2D eigenvalue weighted by Crippen LogP contribution is -2.32. The minimum absolute atomic E-state index is 0.342. The Labute approximate surface area is 153 Å². The van der Waals surface area contributed by atoms with Crippen molar-refractivity contribution in [3.63, 3.8) is 0 Å². The van der Waals surface area contributed by atoms with E-state index in [1.54, 1.807) is 39.2 Å². The molecule has 0 bridgehead atoms. The minimum Gasteiger partial charge on any atom is -0.497 e. The molecule has 0 radical (unpaired) electrons. The van der Waals surface area contributed by atoms with E-state index in [9.17, 15) is 9.59 Å². The second-order valence-electron chi connectivity index (χ2n) is 5.82. The van der Waals surface area contributed by atoms with Crippen LogP contribution in [-0.2, 0) is 19.1 Å². The minimum atomic E-state index is -0.667. The van der Waals surface area contributed by atoms with E-state index < -0.39 is 17.9 Å². The number of nitrogens with one attached hydrogen (secondary N) is 1. The second-order valence-corrected chi connectivity index (χ2v) is 5.82. The zero-order valence-electron chi connectivity index (χ0n) is 15.6. The first-order valence-corrected chi connectivity index (χ1v) is 8.05. The van der Waals surface area contributed by atoms with Gasteiger partial charge in [-0.3, -0.25) is 0 Å². The molecule has 1 aliphatic heterocycles. The van der Waals surface area contributed by atoms with Crippen LogP contribution < -0.4 is 10.1 Å². The summed E-state index contributed by atoms with van der Waals surface area (Å²) in [6.45, 7) is 7.38. The van der Waals surface area contributed by atoms with E-state index in [-0.39, 0.29) is 0 Å². The first-order chi connectivity index (χ1) is 12.4. The maximum atomic E-state index is 12.5. The van der Waals surface area contributed by atoms with Gasteiger partial charge in [-0.1, -0.05) is 18.7 Å². The van der Waals surface area contributed by atoms with Crippen LogP contribution >= 0.6 is 0 Å². The Morgan fingerprint density at radius 1 is 1.04 bits per heavy atom. The summed E-state index contributed by atoms with van der Waals surface area (Å²) in [5, 5.41) is 3.08. The molecule has 1 N–H and O–H groups in total. The molecule has 0 unspecified atom stereocenters. The molecule has 0 saturated carbocycles. The molecule has 0 fully saturated rings. The molecule has 0 aliphatic carbocycles. The average Bonchev–Trinajstić information content (AvgIpc) is 2.65. The Morgan fingerprint density at radius 2 is 1.58 bits per heavy atom. The lowest BCUT2D eigenvalue weighted by atomic mass is 9.78. The van der Waals surface area contributed by atoms with Gasteiger partial charge in [-0.2, -0.15) is 0 Å². The van der Waals surface area contributed by atoms with Crippen LogP contribution in [0.5, 0.6) is 5.75 Å². The van der Waals surface area contributed by atoms with Crippen molar-refractivity contribution >= 4 is 18.0 Å². The molecule has 1 aromatic carbocycles. The standard InChI is InChI=1S/C20H23NO5/c1-7-13-8-9-14(24-4)10-15(13)18-16(19(22)25-5)11(2)21-12(3)17(18)20(23)26-6/h7-10,18,21H,1H2,2-6H3. The summed E-state index contributed by atoms with van der Waals surface area (Å²) in [5.74, 6) is -1.11. The van der Waals surface area contributed by atoms with Gasteiger partial charge in [-0.15, -0.1) is 0 Å². The van der Waals surface area contributed by atoms with Crippen molar-refractivity contribution in [1.82, 2.24) is 5.32 Å². The van der Waals surface area contributed by atoms with E-state index in [1.165, 1.54) is 14.2 Å². The van der Waals surface area contributed by atoms with Crippen molar-refractivity contribution in [3.05, 3.63) is 58.4 Å². The number of allylic oxidation sites excluding steroid dienone is 2. The van der Waals surface area contributed by atoms with E-state index in [0.29, 0.717) is 33.9 Å². The molecule has 26 heavy (non-hydrogen) atoms. The Morgan fingerprint density at radius 3 is 2.00 bits per heavy atom. The first-order valence-electron chi connectivity index (χ1n) is 8.05. The van der Waals surface area contributed by atoms with Crippen LogP contribution in [0.2, 0.25) is 0 Å². The molecular formula is C20H23NO5. The molecule has 0 saturated heterocycles. The van der Waals surface area contributed by atoms with E-state index in [4.69, 9.17) is 14.2 Å². The zero-order valence-corrected chi connectivity index (χ0v) is 15.6. The number of methoxy groups -OCH3 is 3. The van der Waals surface area contributed by atoms with Crippen molar-refractivity contribution in [1.29, 1.82) is 0 Å². The third-order valence-electron chi connectivity index (χ3n) is 4.40. The molecule has 0 atom stereocenters. The smallest absolute Gasteiger partial charge is 0.336 e.